The van der Waals surface area contributed by atoms with Gasteiger partial charge in [0.25, 0.3) is 0 Å². The summed E-state index contributed by atoms with van der Waals surface area (Å²) in [6.45, 7) is 2.44. The molecule has 174 valence electrons. The van der Waals surface area contributed by atoms with Gasteiger partial charge in [0, 0.05) is 29.6 Å². The number of carbonyl (C=O) groups is 1. The van der Waals surface area contributed by atoms with Crippen LogP contribution in [0.3, 0.4) is 0 Å². The molecule has 0 amide bonds. The maximum atomic E-state index is 13.1. The zero-order chi connectivity index (χ0) is 23.1. The maximum absolute atomic E-state index is 13.1. The van der Waals surface area contributed by atoms with Crippen molar-refractivity contribution < 1.29 is 14.3 Å². The van der Waals surface area contributed by atoms with Gasteiger partial charge in [-0.1, -0.05) is 30.8 Å². The third kappa shape index (κ3) is 3.94. The highest BCUT2D eigenvalue weighted by Gasteiger charge is 2.38. The lowest BCUT2D eigenvalue weighted by atomic mass is 9.81. The van der Waals surface area contributed by atoms with Gasteiger partial charge in [-0.2, -0.15) is 4.98 Å². The van der Waals surface area contributed by atoms with Crippen molar-refractivity contribution >= 4 is 23.5 Å². The summed E-state index contributed by atoms with van der Waals surface area (Å²) >= 11 is 1.55. The molecule has 1 aliphatic carbocycles. The van der Waals surface area contributed by atoms with Crippen LogP contribution < -0.4 is 14.8 Å². The number of pyridine rings is 1. The van der Waals surface area contributed by atoms with Crippen LogP contribution in [0, 0.1) is 5.92 Å². The van der Waals surface area contributed by atoms with Gasteiger partial charge in [0.05, 0.1) is 11.7 Å². The van der Waals surface area contributed by atoms with Gasteiger partial charge in [-0.15, -0.1) is 5.10 Å². The summed E-state index contributed by atoms with van der Waals surface area (Å²) in [6, 6.07) is 11.8. The fourth-order valence-corrected chi connectivity index (χ4v) is 5.68. The van der Waals surface area contributed by atoms with E-state index in [1.54, 1.807) is 18.0 Å². The number of hydrogen-bond donors (Lipinski definition) is 1. The Morgan fingerprint density at radius 1 is 1.21 bits per heavy atom. The number of thioether (sulfide) groups is 1. The highest BCUT2D eigenvalue weighted by molar-refractivity contribution is 7.98. The third-order valence-electron chi connectivity index (χ3n) is 6.50. The van der Waals surface area contributed by atoms with Crippen molar-refractivity contribution in [1.29, 1.82) is 0 Å². The van der Waals surface area contributed by atoms with E-state index in [9.17, 15) is 4.79 Å². The van der Waals surface area contributed by atoms with Gasteiger partial charge in [-0.3, -0.25) is 9.78 Å². The highest BCUT2D eigenvalue weighted by Crippen LogP contribution is 2.42. The molecule has 4 heterocycles. The second-order valence-electron chi connectivity index (χ2n) is 8.88. The molecule has 9 heteroatoms. The molecule has 3 aliphatic rings. The number of ether oxygens (including phenoxy) is 2. The van der Waals surface area contributed by atoms with E-state index in [0.717, 1.165) is 53.3 Å². The minimum atomic E-state index is -0.166. The Morgan fingerprint density at radius 3 is 3.00 bits per heavy atom. The Labute approximate surface area is 201 Å². The Balaban J connectivity index is 1.30. The van der Waals surface area contributed by atoms with Crippen LogP contribution in [0.15, 0.2) is 59.0 Å². The molecule has 8 nitrogen and oxygen atoms in total. The zero-order valence-corrected chi connectivity index (χ0v) is 19.7. The number of aromatic nitrogens is 4. The molecular weight excluding hydrogens is 450 g/mol. The van der Waals surface area contributed by atoms with Crippen LogP contribution in [0.2, 0.25) is 0 Å². The molecule has 0 saturated carbocycles. The fourth-order valence-electron chi connectivity index (χ4n) is 4.94. The van der Waals surface area contributed by atoms with Crippen molar-refractivity contribution in [1.82, 2.24) is 19.7 Å². The number of rotatable bonds is 6. The molecule has 0 saturated heterocycles. The molecule has 0 radical (unpaired) electrons. The van der Waals surface area contributed by atoms with Crippen LogP contribution in [0.5, 0.6) is 11.5 Å². The summed E-state index contributed by atoms with van der Waals surface area (Å²) in [4.78, 5) is 22.2. The Hall–Kier alpha value is -3.33. The number of benzene rings is 1. The van der Waals surface area contributed by atoms with E-state index in [0.29, 0.717) is 23.3 Å². The third-order valence-corrected chi connectivity index (χ3v) is 7.37. The van der Waals surface area contributed by atoms with E-state index in [1.165, 1.54) is 0 Å². The normalized spacial score (nSPS) is 19.4. The minimum Gasteiger partial charge on any atom is -0.454 e. The van der Waals surface area contributed by atoms with E-state index in [2.05, 4.69) is 23.3 Å². The lowest BCUT2D eigenvalue weighted by Crippen LogP contribution is -2.34. The molecule has 6 rings (SSSR count). The molecule has 1 N–H and O–H groups in total. The number of nitrogens with zero attached hydrogens (tertiary/aromatic N) is 4. The molecule has 2 aliphatic heterocycles. The molecule has 2 aromatic heterocycles. The summed E-state index contributed by atoms with van der Waals surface area (Å²) in [5.41, 5.74) is 3.98. The van der Waals surface area contributed by atoms with Crippen molar-refractivity contribution in [2.45, 2.75) is 49.6 Å². The predicted molar refractivity (Wildman–Crippen MR) is 128 cm³/mol. The topological polar surface area (TPSA) is 91.2 Å². The molecule has 3 aromatic rings. The number of ketones is 1. The first kappa shape index (κ1) is 21.2. The van der Waals surface area contributed by atoms with E-state index in [4.69, 9.17) is 19.6 Å². The monoisotopic (exact) mass is 475 g/mol. The average Bonchev–Trinajstić information content (AvgIpc) is 3.48. The standard InChI is InChI=1S/C25H25N5O3S/c1-15(11-16-8-9-20-21(12-16)33-14-32-20)23-22-18(6-4-7-19(22)31)27-24-28-25(29-30(23)24)34-13-17-5-2-3-10-26-17/h2-3,5,8-10,12,15,23H,4,6-7,11,13-14H2,1H3,(H,27,28,29)/t15-,23+/m1/s1. The summed E-state index contributed by atoms with van der Waals surface area (Å²) in [6.07, 6.45) is 4.88. The summed E-state index contributed by atoms with van der Waals surface area (Å²) in [7, 11) is 0. The van der Waals surface area contributed by atoms with Crippen molar-refractivity contribution in [3.05, 3.63) is 65.1 Å². The molecule has 2 atom stereocenters. The van der Waals surface area contributed by atoms with Gasteiger partial charge < -0.3 is 14.8 Å². The number of hydrogen-bond acceptors (Lipinski definition) is 8. The van der Waals surface area contributed by atoms with Gasteiger partial charge in [0.1, 0.15) is 0 Å². The molecule has 0 fully saturated rings. The second kappa shape index (κ2) is 8.79. The smallest absolute Gasteiger partial charge is 0.231 e. The molecular formula is C25H25N5O3S. The second-order valence-corrected chi connectivity index (χ2v) is 9.82. The van der Waals surface area contributed by atoms with Crippen molar-refractivity contribution in [3.63, 3.8) is 0 Å². The first-order valence-electron chi connectivity index (χ1n) is 11.6. The SMILES string of the molecule is C[C@H](Cc1ccc2c(c1)OCO2)[C@H]1C2=C(CCCC2=O)Nc2nc(SCc3ccccn3)nn21. The lowest BCUT2D eigenvalue weighted by molar-refractivity contribution is -0.116. The molecule has 0 spiro atoms. The molecule has 1 aromatic carbocycles. The first-order valence-corrected chi connectivity index (χ1v) is 12.6. The first-order chi connectivity index (χ1) is 16.7. The van der Waals surface area contributed by atoms with Gasteiger partial charge in [0.15, 0.2) is 17.3 Å². The number of anilines is 1. The van der Waals surface area contributed by atoms with Crippen molar-refractivity contribution in [2.75, 3.05) is 12.1 Å². The molecule has 0 unspecified atom stereocenters. The summed E-state index contributed by atoms with van der Waals surface area (Å²) in [5, 5.41) is 8.93. The predicted octanol–water partition coefficient (Wildman–Crippen LogP) is 4.55. The Morgan fingerprint density at radius 2 is 2.12 bits per heavy atom. The fraction of sp³-hybridized carbons (Fsp3) is 0.360. The van der Waals surface area contributed by atoms with Crippen molar-refractivity contribution in [2.24, 2.45) is 5.92 Å². The van der Waals surface area contributed by atoms with Crippen LogP contribution >= 0.6 is 11.8 Å². The van der Waals surface area contributed by atoms with E-state index in [1.807, 2.05) is 35.0 Å². The minimum absolute atomic E-state index is 0.128. The van der Waals surface area contributed by atoms with Crippen LogP contribution in [0.1, 0.15) is 43.5 Å². The number of carbonyl (C=O) groups excluding carboxylic acids is 1. The highest BCUT2D eigenvalue weighted by atomic mass is 32.2. The van der Waals surface area contributed by atoms with Gasteiger partial charge >= 0.3 is 0 Å². The zero-order valence-electron chi connectivity index (χ0n) is 18.9. The van der Waals surface area contributed by atoms with Crippen LogP contribution in [-0.2, 0) is 17.0 Å². The largest absolute Gasteiger partial charge is 0.454 e. The maximum Gasteiger partial charge on any atom is 0.231 e. The van der Waals surface area contributed by atoms with E-state index >= 15 is 0 Å². The number of Topliss-reactive ketones (excluding diaryl/α,β-unsaturated/α-hetero) is 1. The van der Waals surface area contributed by atoms with Gasteiger partial charge in [-0.05, 0) is 55.0 Å². The van der Waals surface area contributed by atoms with Gasteiger partial charge in [0.2, 0.25) is 17.9 Å². The Bertz CT molecular complexity index is 1270. The van der Waals surface area contributed by atoms with Crippen molar-refractivity contribution in [3.8, 4) is 11.5 Å². The van der Waals surface area contributed by atoms with Gasteiger partial charge in [-0.25, -0.2) is 4.68 Å². The van der Waals surface area contributed by atoms with Crippen LogP contribution in [0.4, 0.5) is 5.95 Å². The van der Waals surface area contributed by atoms with E-state index in [-0.39, 0.29) is 24.5 Å². The Kier molecular flexibility index (Phi) is 5.49. The molecule has 0 bridgehead atoms. The average molecular weight is 476 g/mol. The quantitative estimate of drug-likeness (QED) is 0.520. The summed E-state index contributed by atoms with van der Waals surface area (Å²) < 4.78 is 12.9. The van der Waals surface area contributed by atoms with E-state index < -0.39 is 0 Å². The number of allylic oxidation sites excluding steroid dienone is 2. The number of fused-ring (bicyclic) bond motifs is 2. The molecule has 34 heavy (non-hydrogen) atoms. The lowest BCUT2D eigenvalue weighted by Gasteiger charge is -2.35. The van der Waals surface area contributed by atoms with Crippen LogP contribution in [-0.4, -0.2) is 32.3 Å². The van der Waals surface area contributed by atoms with Crippen LogP contribution in [0.25, 0.3) is 0 Å². The number of nitrogens with one attached hydrogen (secondary N) is 1. The summed E-state index contributed by atoms with van der Waals surface area (Å²) in [5.74, 6) is 3.29.